The fourth-order valence-electron chi connectivity index (χ4n) is 1.32. The lowest BCUT2D eigenvalue weighted by Crippen LogP contribution is -2.30. The summed E-state index contributed by atoms with van der Waals surface area (Å²) in [5.41, 5.74) is -0.0588. The Balaban J connectivity index is 3.17. The SMILES string of the molecule is CSc1ccc([N+](=O)[O-])c(C(=O)NC(C)C)c1. The zero-order valence-corrected chi connectivity index (χ0v) is 10.7. The normalized spacial score (nSPS) is 10.4. The molecular weight excluding hydrogens is 240 g/mol. The number of nitrogens with one attached hydrogen (secondary N) is 1. The van der Waals surface area contributed by atoms with Crippen molar-refractivity contribution in [1.29, 1.82) is 0 Å². The number of nitro groups is 1. The molecule has 0 unspecified atom stereocenters. The summed E-state index contributed by atoms with van der Waals surface area (Å²) in [5, 5.41) is 13.5. The molecule has 1 aromatic carbocycles. The number of hydrogen-bond acceptors (Lipinski definition) is 4. The number of nitrogens with zero attached hydrogens (tertiary/aromatic N) is 1. The first-order valence-electron chi connectivity index (χ1n) is 5.09. The molecule has 0 aliphatic heterocycles. The summed E-state index contributed by atoms with van der Waals surface area (Å²) < 4.78 is 0. The molecule has 0 saturated heterocycles. The number of rotatable bonds is 4. The third-order valence-electron chi connectivity index (χ3n) is 2.06. The summed E-state index contributed by atoms with van der Waals surface area (Å²) in [4.78, 5) is 22.9. The monoisotopic (exact) mass is 254 g/mol. The van der Waals surface area contributed by atoms with Crippen LogP contribution in [0, 0.1) is 10.1 Å². The lowest BCUT2D eigenvalue weighted by molar-refractivity contribution is -0.385. The largest absolute Gasteiger partial charge is 0.350 e. The van der Waals surface area contributed by atoms with Gasteiger partial charge in [0, 0.05) is 17.0 Å². The molecular formula is C11H14N2O3S. The highest BCUT2D eigenvalue weighted by Gasteiger charge is 2.20. The molecule has 0 aliphatic rings. The minimum absolute atomic E-state index is 0.0555. The maximum absolute atomic E-state index is 11.8. The van der Waals surface area contributed by atoms with Crippen LogP contribution in [-0.2, 0) is 0 Å². The molecule has 92 valence electrons. The van der Waals surface area contributed by atoms with Gasteiger partial charge in [-0.3, -0.25) is 14.9 Å². The molecule has 1 amide bonds. The molecule has 0 bridgehead atoms. The average Bonchev–Trinajstić information content (AvgIpc) is 2.27. The van der Waals surface area contributed by atoms with Crippen LogP contribution in [0.25, 0.3) is 0 Å². The molecule has 1 aromatic rings. The van der Waals surface area contributed by atoms with Crippen LogP contribution in [0.15, 0.2) is 23.1 Å². The van der Waals surface area contributed by atoms with Gasteiger partial charge in [-0.25, -0.2) is 0 Å². The van der Waals surface area contributed by atoms with Crippen LogP contribution in [0.2, 0.25) is 0 Å². The van der Waals surface area contributed by atoms with Crippen molar-refractivity contribution in [3.63, 3.8) is 0 Å². The van der Waals surface area contributed by atoms with Gasteiger partial charge < -0.3 is 5.32 Å². The highest BCUT2D eigenvalue weighted by atomic mass is 32.2. The van der Waals surface area contributed by atoms with Crippen LogP contribution in [0.4, 0.5) is 5.69 Å². The van der Waals surface area contributed by atoms with E-state index in [1.165, 1.54) is 17.8 Å². The van der Waals surface area contributed by atoms with E-state index in [1.54, 1.807) is 12.1 Å². The fraction of sp³-hybridized carbons (Fsp3) is 0.364. The summed E-state index contributed by atoms with van der Waals surface area (Å²) in [6.07, 6.45) is 1.85. The highest BCUT2D eigenvalue weighted by Crippen LogP contribution is 2.24. The predicted molar refractivity (Wildman–Crippen MR) is 67.5 cm³/mol. The molecule has 17 heavy (non-hydrogen) atoms. The quantitative estimate of drug-likeness (QED) is 0.509. The molecule has 0 spiro atoms. The van der Waals surface area contributed by atoms with Gasteiger partial charge in [-0.1, -0.05) is 0 Å². The number of hydrogen-bond donors (Lipinski definition) is 1. The van der Waals surface area contributed by atoms with Crippen molar-refractivity contribution in [2.24, 2.45) is 0 Å². The van der Waals surface area contributed by atoms with Crippen molar-refractivity contribution in [2.75, 3.05) is 6.26 Å². The molecule has 0 atom stereocenters. The van der Waals surface area contributed by atoms with E-state index < -0.39 is 10.8 Å². The Morgan fingerprint density at radius 3 is 2.59 bits per heavy atom. The van der Waals surface area contributed by atoms with E-state index in [0.717, 1.165) is 4.90 Å². The maximum atomic E-state index is 11.8. The van der Waals surface area contributed by atoms with Gasteiger partial charge in [0.25, 0.3) is 11.6 Å². The Labute approximate surface area is 104 Å². The summed E-state index contributed by atoms with van der Waals surface area (Å²) in [6.45, 7) is 3.62. The van der Waals surface area contributed by atoms with Gasteiger partial charge in [0.1, 0.15) is 5.56 Å². The second-order valence-electron chi connectivity index (χ2n) is 3.77. The Kier molecular flexibility index (Phi) is 4.51. The molecule has 5 nitrogen and oxygen atoms in total. The van der Waals surface area contributed by atoms with Crippen LogP contribution < -0.4 is 5.32 Å². The number of benzene rings is 1. The number of amides is 1. The summed E-state index contributed by atoms with van der Waals surface area (Å²) >= 11 is 1.44. The van der Waals surface area contributed by atoms with Crippen molar-refractivity contribution >= 4 is 23.4 Å². The third-order valence-corrected chi connectivity index (χ3v) is 2.79. The molecule has 6 heteroatoms. The second kappa shape index (κ2) is 5.67. The minimum atomic E-state index is -0.542. The van der Waals surface area contributed by atoms with E-state index in [9.17, 15) is 14.9 Å². The van der Waals surface area contributed by atoms with Gasteiger partial charge in [-0.2, -0.15) is 0 Å². The lowest BCUT2D eigenvalue weighted by Gasteiger charge is -2.09. The van der Waals surface area contributed by atoms with Crippen molar-refractivity contribution in [1.82, 2.24) is 5.32 Å². The third kappa shape index (κ3) is 3.45. The van der Waals surface area contributed by atoms with Gasteiger partial charge >= 0.3 is 0 Å². The van der Waals surface area contributed by atoms with E-state index in [0.29, 0.717) is 0 Å². The Morgan fingerprint density at radius 2 is 2.12 bits per heavy atom. The van der Waals surface area contributed by atoms with Gasteiger partial charge in [0.2, 0.25) is 0 Å². The van der Waals surface area contributed by atoms with Gasteiger partial charge in [0.05, 0.1) is 4.92 Å². The second-order valence-corrected chi connectivity index (χ2v) is 4.65. The van der Waals surface area contributed by atoms with Crippen LogP contribution in [0.3, 0.4) is 0 Å². The number of thioether (sulfide) groups is 1. The predicted octanol–water partition coefficient (Wildman–Crippen LogP) is 2.45. The van der Waals surface area contributed by atoms with E-state index in [-0.39, 0.29) is 17.3 Å². The zero-order chi connectivity index (χ0) is 13.0. The Morgan fingerprint density at radius 1 is 1.47 bits per heavy atom. The molecule has 0 saturated carbocycles. The van der Waals surface area contributed by atoms with E-state index in [4.69, 9.17) is 0 Å². The zero-order valence-electron chi connectivity index (χ0n) is 9.89. The summed E-state index contributed by atoms with van der Waals surface area (Å²) in [6, 6.07) is 4.48. The molecule has 0 radical (unpaired) electrons. The lowest BCUT2D eigenvalue weighted by atomic mass is 10.1. The number of carbonyl (C=O) groups excluding carboxylic acids is 1. The minimum Gasteiger partial charge on any atom is -0.350 e. The van der Waals surface area contributed by atoms with Crippen LogP contribution in [-0.4, -0.2) is 23.1 Å². The average molecular weight is 254 g/mol. The molecule has 0 aromatic heterocycles. The van der Waals surface area contributed by atoms with E-state index in [2.05, 4.69) is 5.32 Å². The fourth-order valence-corrected chi connectivity index (χ4v) is 1.76. The molecule has 0 heterocycles. The Bertz CT molecular complexity index is 446. The molecule has 0 aliphatic carbocycles. The van der Waals surface area contributed by atoms with Crippen LogP contribution in [0.1, 0.15) is 24.2 Å². The van der Waals surface area contributed by atoms with Crippen LogP contribution >= 0.6 is 11.8 Å². The van der Waals surface area contributed by atoms with E-state index in [1.807, 2.05) is 20.1 Å². The van der Waals surface area contributed by atoms with Gasteiger partial charge in [-0.15, -0.1) is 11.8 Å². The standard InChI is InChI=1S/C11H14N2O3S/c1-7(2)12-11(14)9-6-8(17-3)4-5-10(9)13(15)16/h4-7H,1-3H3,(H,12,14). The summed E-state index contributed by atoms with van der Waals surface area (Å²) in [7, 11) is 0. The molecule has 1 N–H and O–H groups in total. The maximum Gasteiger partial charge on any atom is 0.282 e. The number of nitro benzene ring substituents is 1. The van der Waals surface area contributed by atoms with Crippen molar-refractivity contribution in [3.8, 4) is 0 Å². The topological polar surface area (TPSA) is 72.2 Å². The first-order chi connectivity index (χ1) is 7.95. The number of carbonyl (C=O) groups is 1. The van der Waals surface area contributed by atoms with Crippen molar-refractivity contribution < 1.29 is 9.72 Å². The summed E-state index contributed by atoms with van der Waals surface area (Å²) in [5.74, 6) is -0.414. The van der Waals surface area contributed by atoms with Crippen LogP contribution in [0.5, 0.6) is 0 Å². The molecule has 1 rings (SSSR count). The van der Waals surface area contributed by atoms with Crippen molar-refractivity contribution in [2.45, 2.75) is 24.8 Å². The van der Waals surface area contributed by atoms with Crippen molar-refractivity contribution in [3.05, 3.63) is 33.9 Å². The smallest absolute Gasteiger partial charge is 0.282 e. The highest BCUT2D eigenvalue weighted by molar-refractivity contribution is 7.98. The molecule has 0 fully saturated rings. The first-order valence-corrected chi connectivity index (χ1v) is 6.31. The van der Waals surface area contributed by atoms with Gasteiger partial charge in [-0.05, 0) is 32.2 Å². The van der Waals surface area contributed by atoms with Gasteiger partial charge in [0.15, 0.2) is 0 Å². The Hall–Kier alpha value is -1.56. The van der Waals surface area contributed by atoms with E-state index >= 15 is 0 Å². The first kappa shape index (κ1) is 13.5.